The number of rotatable bonds is 2. The molecule has 1 heterocycles. The molecule has 0 amide bonds. The predicted octanol–water partition coefficient (Wildman–Crippen LogP) is 1.91. The molecular weight excluding hydrogens is 190 g/mol. The van der Waals surface area contributed by atoms with Gasteiger partial charge < -0.3 is 15.3 Å². The van der Waals surface area contributed by atoms with Crippen molar-refractivity contribution in [1.82, 2.24) is 0 Å². The van der Waals surface area contributed by atoms with Crippen LogP contribution >= 0.6 is 0 Å². The van der Waals surface area contributed by atoms with Crippen molar-refractivity contribution in [2.24, 2.45) is 5.73 Å². The van der Waals surface area contributed by atoms with Gasteiger partial charge in [-0.1, -0.05) is 18.2 Å². The molecule has 3 nitrogen and oxygen atoms in total. The molecule has 0 aliphatic rings. The monoisotopic (exact) mass is 205 g/mol. The van der Waals surface area contributed by atoms with E-state index in [2.05, 4.69) is 0 Å². The molecule has 2 rings (SSSR count). The zero-order chi connectivity index (χ0) is 11.1. The molecular formula is C12H15NO2. The zero-order valence-electron chi connectivity index (χ0n) is 8.95. The molecule has 1 aromatic heterocycles. The first-order valence-corrected chi connectivity index (χ1v) is 4.97. The number of nitrogens with two attached hydrogens (primary N) is 1. The maximum Gasteiger partial charge on any atom is 0.140 e. The van der Waals surface area contributed by atoms with Gasteiger partial charge in [-0.05, 0) is 19.9 Å². The topological polar surface area (TPSA) is 59.4 Å². The molecule has 0 spiro atoms. The number of para-hydroxylation sites is 1. The second-order valence-electron chi connectivity index (χ2n) is 4.03. The number of furan rings is 1. The summed E-state index contributed by atoms with van der Waals surface area (Å²) in [5.74, 6) is 0.561. The lowest BCUT2D eigenvalue weighted by Crippen LogP contribution is -2.31. The summed E-state index contributed by atoms with van der Waals surface area (Å²) in [7, 11) is 0. The van der Waals surface area contributed by atoms with Crippen molar-refractivity contribution in [3.63, 3.8) is 0 Å². The summed E-state index contributed by atoms with van der Waals surface area (Å²) >= 11 is 0. The van der Waals surface area contributed by atoms with E-state index in [1.807, 2.05) is 31.2 Å². The van der Waals surface area contributed by atoms with Crippen molar-refractivity contribution in [2.75, 3.05) is 6.54 Å². The van der Waals surface area contributed by atoms with Crippen LogP contribution in [0.25, 0.3) is 11.0 Å². The highest BCUT2D eigenvalue weighted by Gasteiger charge is 2.28. The minimum atomic E-state index is -1.09. The highest BCUT2D eigenvalue weighted by Crippen LogP contribution is 2.31. The molecule has 3 heteroatoms. The lowest BCUT2D eigenvalue weighted by Gasteiger charge is -2.18. The first-order valence-electron chi connectivity index (χ1n) is 4.97. The van der Waals surface area contributed by atoms with Gasteiger partial charge in [-0.25, -0.2) is 0 Å². The van der Waals surface area contributed by atoms with E-state index in [0.717, 1.165) is 16.5 Å². The van der Waals surface area contributed by atoms with Gasteiger partial charge in [0.05, 0.1) is 0 Å². The van der Waals surface area contributed by atoms with Crippen molar-refractivity contribution in [3.8, 4) is 0 Å². The number of aliphatic hydroxyl groups is 1. The van der Waals surface area contributed by atoms with Crippen molar-refractivity contribution >= 4 is 11.0 Å². The van der Waals surface area contributed by atoms with Crippen molar-refractivity contribution in [1.29, 1.82) is 0 Å². The first kappa shape index (κ1) is 10.2. The Morgan fingerprint density at radius 2 is 2.07 bits per heavy atom. The van der Waals surface area contributed by atoms with Gasteiger partial charge >= 0.3 is 0 Å². The second-order valence-corrected chi connectivity index (χ2v) is 4.03. The fraction of sp³-hybridized carbons (Fsp3) is 0.333. The van der Waals surface area contributed by atoms with Gasteiger partial charge in [-0.3, -0.25) is 0 Å². The third-order valence-corrected chi connectivity index (χ3v) is 2.73. The highest BCUT2D eigenvalue weighted by molar-refractivity contribution is 5.82. The number of fused-ring (bicyclic) bond motifs is 1. The van der Waals surface area contributed by atoms with Gasteiger partial charge in [0.2, 0.25) is 0 Å². The first-order chi connectivity index (χ1) is 7.06. The summed E-state index contributed by atoms with van der Waals surface area (Å²) in [6.07, 6.45) is 0. The Morgan fingerprint density at radius 1 is 1.40 bits per heavy atom. The molecule has 0 radical (unpaired) electrons. The van der Waals surface area contributed by atoms with Crippen LogP contribution in [0.5, 0.6) is 0 Å². The standard InChI is InChI=1S/C12H15NO2/c1-8-9-5-3-4-6-10(9)15-11(8)12(2,14)7-13/h3-6,14H,7,13H2,1-2H3. The quantitative estimate of drug-likeness (QED) is 0.787. The van der Waals surface area contributed by atoms with Crippen LogP contribution in [0.4, 0.5) is 0 Å². The van der Waals surface area contributed by atoms with Crippen LogP contribution in [0.1, 0.15) is 18.2 Å². The summed E-state index contributed by atoms with van der Waals surface area (Å²) in [6.45, 7) is 3.75. The van der Waals surface area contributed by atoms with Crippen LogP contribution in [-0.2, 0) is 5.60 Å². The van der Waals surface area contributed by atoms with Crippen molar-refractivity contribution in [2.45, 2.75) is 19.4 Å². The summed E-state index contributed by atoms with van der Waals surface area (Å²) in [6, 6.07) is 7.72. The van der Waals surface area contributed by atoms with E-state index in [9.17, 15) is 5.11 Å². The Bertz CT molecular complexity index is 485. The van der Waals surface area contributed by atoms with Gasteiger partial charge in [0.1, 0.15) is 16.9 Å². The van der Waals surface area contributed by atoms with Gasteiger partial charge in [0.15, 0.2) is 0 Å². The second kappa shape index (κ2) is 3.36. The van der Waals surface area contributed by atoms with Crippen molar-refractivity contribution in [3.05, 3.63) is 35.6 Å². The molecule has 0 aliphatic heterocycles. The van der Waals surface area contributed by atoms with Crippen LogP contribution in [0.2, 0.25) is 0 Å². The van der Waals surface area contributed by atoms with Crippen LogP contribution in [0, 0.1) is 6.92 Å². The normalized spacial score (nSPS) is 15.5. The van der Waals surface area contributed by atoms with Crippen LogP contribution < -0.4 is 5.73 Å². The van der Waals surface area contributed by atoms with E-state index in [4.69, 9.17) is 10.2 Å². The zero-order valence-corrected chi connectivity index (χ0v) is 8.95. The Kier molecular flexibility index (Phi) is 2.29. The SMILES string of the molecule is Cc1c(C(C)(O)CN)oc2ccccc12. The molecule has 0 fully saturated rings. The van der Waals surface area contributed by atoms with Crippen LogP contribution in [0.3, 0.4) is 0 Å². The summed E-state index contributed by atoms with van der Waals surface area (Å²) in [5.41, 5.74) is 6.17. The maximum atomic E-state index is 10.1. The van der Waals surface area contributed by atoms with Gasteiger partial charge in [0, 0.05) is 17.5 Å². The Hall–Kier alpha value is -1.32. The molecule has 0 aliphatic carbocycles. The molecule has 2 aromatic rings. The van der Waals surface area contributed by atoms with E-state index in [1.54, 1.807) is 6.92 Å². The summed E-state index contributed by atoms with van der Waals surface area (Å²) in [5, 5.41) is 11.1. The van der Waals surface area contributed by atoms with E-state index < -0.39 is 5.60 Å². The average molecular weight is 205 g/mol. The minimum absolute atomic E-state index is 0.146. The molecule has 80 valence electrons. The maximum absolute atomic E-state index is 10.1. The third-order valence-electron chi connectivity index (χ3n) is 2.73. The smallest absolute Gasteiger partial charge is 0.140 e. The fourth-order valence-corrected chi connectivity index (χ4v) is 1.78. The van der Waals surface area contributed by atoms with Crippen LogP contribution in [-0.4, -0.2) is 11.7 Å². The Labute approximate surface area is 88.5 Å². The van der Waals surface area contributed by atoms with Crippen molar-refractivity contribution < 1.29 is 9.52 Å². The van der Waals surface area contributed by atoms with E-state index in [0.29, 0.717) is 5.76 Å². The molecule has 3 N–H and O–H groups in total. The Morgan fingerprint density at radius 3 is 2.67 bits per heavy atom. The lowest BCUT2D eigenvalue weighted by molar-refractivity contribution is 0.0441. The number of hydrogen-bond donors (Lipinski definition) is 2. The largest absolute Gasteiger partial charge is 0.458 e. The number of aryl methyl sites for hydroxylation is 1. The molecule has 15 heavy (non-hydrogen) atoms. The molecule has 1 aromatic carbocycles. The van der Waals surface area contributed by atoms with Crippen LogP contribution in [0.15, 0.2) is 28.7 Å². The average Bonchev–Trinajstić information content (AvgIpc) is 2.58. The molecule has 0 saturated heterocycles. The highest BCUT2D eigenvalue weighted by atomic mass is 16.4. The van der Waals surface area contributed by atoms with E-state index >= 15 is 0 Å². The fourth-order valence-electron chi connectivity index (χ4n) is 1.78. The minimum Gasteiger partial charge on any atom is -0.458 e. The van der Waals surface area contributed by atoms with E-state index in [-0.39, 0.29) is 6.54 Å². The molecule has 0 saturated carbocycles. The van der Waals surface area contributed by atoms with Gasteiger partial charge in [0.25, 0.3) is 0 Å². The molecule has 1 atom stereocenters. The number of hydrogen-bond acceptors (Lipinski definition) is 3. The predicted molar refractivity (Wildman–Crippen MR) is 59.6 cm³/mol. The Balaban J connectivity index is 2.68. The molecule has 1 unspecified atom stereocenters. The summed E-state index contributed by atoms with van der Waals surface area (Å²) < 4.78 is 5.62. The molecule has 0 bridgehead atoms. The third kappa shape index (κ3) is 1.54. The van der Waals surface area contributed by atoms with Gasteiger partial charge in [-0.15, -0.1) is 0 Å². The summed E-state index contributed by atoms with van der Waals surface area (Å²) in [4.78, 5) is 0. The number of benzene rings is 1. The lowest BCUT2D eigenvalue weighted by atomic mass is 9.99. The van der Waals surface area contributed by atoms with Gasteiger partial charge in [-0.2, -0.15) is 0 Å². The van der Waals surface area contributed by atoms with E-state index in [1.165, 1.54) is 0 Å².